The maximum atomic E-state index is 13.3. The highest BCUT2D eigenvalue weighted by molar-refractivity contribution is 5.96. The third kappa shape index (κ3) is 4.53. The van der Waals surface area contributed by atoms with Crippen LogP contribution in [0.2, 0.25) is 0 Å². The second kappa shape index (κ2) is 8.29. The molecule has 2 rings (SSSR count). The number of benzene rings is 2. The van der Waals surface area contributed by atoms with E-state index in [1.165, 1.54) is 19.2 Å². The summed E-state index contributed by atoms with van der Waals surface area (Å²) in [5, 5.41) is 2.80. The van der Waals surface area contributed by atoms with E-state index < -0.39 is 6.10 Å². The van der Waals surface area contributed by atoms with Crippen LogP contribution in [0.4, 0.5) is 4.39 Å². The Hall–Kier alpha value is -2.40. The van der Waals surface area contributed by atoms with Gasteiger partial charge in [-0.25, -0.2) is 4.39 Å². The molecule has 0 aliphatic heterocycles. The fourth-order valence-electron chi connectivity index (χ4n) is 2.26. The minimum absolute atomic E-state index is 0.235. The largest absolute Gasteiger partial charge is 0.493 e. The topological polar surface area (TPSA) is 47.6 Å². The normalized spacial score (nSPS) is 11.8. The number of hydrogen-bond donors (Lipinski definition) is 1. The Kier molecular flexibility index (Phi) is 6.11. The summed E-state index contributed by atoms with van der Waals surface area (Å²) >= 11 is 0. The third-order valence-corrected chi connectivity index (χ3v) is 3.38. The van der Waals surface area contributed by atoms with Gasteiger partial charge in [0.15, 0.2) is 0 Å². The molecule has 0 heterocycles. The van der Waals surface area contributed by atoms with Gasteiger partial charge in [-0.3, -0.25) is 4.79 Å². The van der Waals surface area contributed by atoms with Gasteiger partial charge in [0.05, 0.1) is 18.3 Å². The van der Waals surface area contributed by atoms with Gasteiger partial charge >= 0.3 is 0 Å². The minimum atomic E-state index is -0.422. The van der Waals surface area contributed by atoms with Crippen molar-refractivity contribution in [2.45, 2.75) is 13.0 Å². The summed E-state index contributed by atoms with van der Waals surface area (Å²) in [6.45, 7) is 2.58. The smallest absolute Gasteiger partial charge is 0.255 e. The highest BCUT2D eigenvalue weighted by atomic mass is 19.1. The van der Waals surface area contributed by atoms with E-state index in [0.717, 1.165) is 0 Å². The van der Waals surface area contributed by atoms with E-state index >= 15 is 0 Å². The predicted molar refractivity (Wildman–Crippen MR) is 86.1 cm³/mol. The van der Waals surface area contributed by atoms with Crippen molar-refractivity contribution in [2.24, 2.45) is 0 Å². The molecule has 122 valence electrons. The first-order chi connectivity index (χ1) is 11.2. The molecule has 2 aromatic rings. The Bertz CT molecular complexity index is 660. The number of carbonyl (C=O) groups excluding carboxylic acids is 1. The summed E-state index contributed by atoms with van der Waals surface area (Å²) < 4.78 is 24.1. The molecule has 23 heavy (non-hydrogen) atoms. The molecule has 1 N–H and O–H groups in total. The zero-order chi connectivity index (χ0) is 16.7. The van der Waals surface area contributed by atoms with E-state index in [9.17, 15) is 9.18 Å². The van der Waals surface area contributed by atoms with Gasteiger partial charge in [-0.05, 0) is 36.8 Å². The van der Waals surface area contributed by atoms with Crippen molar-refractivity contribution in [3.63, 3.8) is 0 Å². The predicted octanol–water partition coefficient (Wildman–Crippen LogP) is 3.34. The molecular weight excluding hydrogens is 297 g/mol. The maximum Gasteiger partial charge on any atom is 0.255 e. The summed E-state index contributed by atoms with van der Waals surface area (Å²) in [4.78, 5) is 12.3. The molecular formula is C18H20FNO3. The average Bonchev–Trinajstić information content (AvgIpc) is 2.56. The quantitative estimate of drug-likeness (QED) is 0.852. The van der Waals surface area contributed by atoms with Gasteiger partial charge in [0.1, 0.15) is 11.6 Å². The van der Waals surface area contributed by atoms with E-state index in [1.807, 2.05) is 13.0 Å². The van der Waals surface area contributed by atoms with Gasteiger partial charge in [0.2, 0.25) is 0 Å². The summed E-state index contributed by atoms with van der Waals surface area (Å²) in [7, 11) is 1.52. The lowest BCUT2D eigenvalue weighted by Crippen LogP contribution is -2.29. The summed E-state index contributed by atoms with van der Waals surface area (Å²) in [6, 6.07) is 13.2. The molecule has 0 aliphatic rings. The first-order valence-electron chi connectivity index (χ1n) is 7.44. The van der Waals surface area contributed by atoms with Crippen LogP contribution in [0.15, 0.2) is 48.5 Å². The molecule has 0 spiro atoms. The first-order valence-corrected chi connectivity index (χ1v) is 7.44. The molecule has 2 aromatic carbocycles. The Balaban J connectivity index is 2.05. The van der Waals surface area contributed by atoms with Crippen molar-refractivity contribution >= 4 is 5.91 Å². The maximum absolute atomic E-state index is 13.3. The van der Waals surface area contributed by atoms with Gasteiger partial charge in [-0.2, -0.15) is 0 Å². The minimum Gasteiger partial charge on any atom is -0.493 e. The number of ether oxygens (including phenoxy) is 2. The lowest BCUT2D eigenvalue weighted by molar-refractivity contribution is 0.0824. The number of amides is 1. The Morgan fingerprint density at radius 1 is 1.22 bits per heavy atom. The molecule has 0 aromatic heterocycles. The molecule has 1 atom stereocenters. The highest BCUT2D eigenvalue weighted by Gasteiger charge is 2.16. The number of halogens is 1. The lowest BCUT2D eigenvalue weighted by atomic mass is 10.1. The molecule has 0 fully saturated rings. The second-order valence-electron chi connectivity index (χ2n) is 4.92. The standard InChI is InChI=1S/C18H20FNO3/c1-3-23-16-10-5-4-9-15(16)18(21)20-12-17(22-2)13-7-6-8-14(19)11-13/h4-11,17H,3,12H2,1-2H3,(H,20,21). The fourth-order valence-corrected chi connectivity index (χ4v) is 2.26. The van der Waals surface area contributed by atoms with Crippen molar-refractivity contribution in [3.05, 3.63) is 65.5 Å². The van der Waals surface area contributed by atoms with Crippen LogP contribution in [0, 0.1) is 5.82 Å². The van der Waals surface area contributed by atoms with Crippen LogP contribution in [0.3, 0.4) is 0 Å². The third-order valence-electron chi connectivity index (χ3n) is 3.38. The number of methoxy groups -OCH3 is 1. The van der Waals surface area contributed by atoms with E-state index in [2.05, 4.69) is 5.32 Å². The molecule has 1 amide bonds. The van der Waals surface area contributed by atoms with Gasteiger partial charge in [0, 0.05) is 13.7 Å². The zero-order valence-corrected chi connectivity index (χ0v) is 13.2. The molecule has 0 aliphatic carbocycles. The van der Waals surface area contributed by atoms with Crippen LogP contribution in [0.25, 0.3) is 0 Å². The van der Waals surface area contributed by atoms with Crippen LogP contribution in [-0.2, 0) is 4.74 Å². The van der Waals surface area contributed by atoms with Gasteiger partial charge in [-0.15, -0.1) is 0 Å². The van der Waals surface area contributed by atoms with E-state index in [-0.39, 0.29) is 18.3 Å². The summed E-state index contributed by atoms with van der Waals surface area (Å²) in [6.07, 6.45) is -0.422. The number of hydrogen-bond acceptors (Lipinski definition) is 3. The van der Waals surface area contributed by atoms with Crippen LogP contribution in [0.1, 0.15) is 28.9 Å². The molecule has 0 radical (unpaired) electrons. The van der Waals surface area contributed by atoms with Crippen LogP contribution < -0.4 is 10.1 Å². The fraction of sp³-hybridized carbons (Fsp3) is 0.278. The van der Waals surface area contributed by atoms with Crippen LogP contribution >= 0.6 is 0 Å². The van der Waals surface area contributed by atoms with Crippen molar-refractivity contribution in [1.29, 1.82) is 0 Å². The van der Waals surface area contributed by atoms with Gasteiger partial charge < -0.3 is 14.8 Å². The summed E-state index contributed by atoms with van der Waals surface area (Å²) in [5.41, 5.74) is 1.13. The average molecular weight is 317 g/mol. The number of para-hydroxylation sites is 1. The number of nitrogens with one attached hydrogen (secondary N) is 1. The van der Waals surface area contributed by atoms with E-state index in [1.54, 1.807) is 30.3 Å². The number of rotatable bonds is 7. The molecule has 5 heteroatoms. The summed E-state index contributed by atoms with van der Waals surface area (Å²) in [5.74, 6) is -0.0581. The monoisotopic (exact) mass is 317 g/mol. The van der Waals surface area contributed by atoms with Crippen molar-refractivity contribution < 1.29 is 18.7 Å². The van der Waals surface area contributed by atoms with Crippen LogP contribution in [-0.4, -0.2) is 26.2 Å². The van der Waals surface area contributed by atoms with Crippen molar-refractivity contribution in [1.82, 2.24) is 5.32 Å². The number of carbonyl (C=O) groups is 1. The first kappa shape index (κ1) is 17.0. The van der Waals surface area contributed by atoms with Crippen molar-refractivity contribution in [3.8, 4) is 5.75 Å². The van der Waals surface area contributed by atoms with E-state index in [4.69, 9.17) is 9.47 Å². The zero-order valence-electron chi connectivity index (χ0n) is 13.2. The van der Waals surface area contributed by atoms with Crippen molar-refractivity contribution in [2.75, 3.05) is 20.3 Å². The molecule has 1 unspecified atom stereocenters. The van der Waals surface area contributed by atoms with Gasteiger partial charge in [0.25, 0.3) is 5.91 Å². The Morgan fingerprint density at radius 2 is 2.00 bits per heavy atom. The second-order valence-corrected chi connectivity index (χ2v) is 4.92. The van der Waals surface area contributed by atoms with E-state index in [0.29, 0.717) is 23.5 Å². The SMILES string of the molecule is CCOc1ccccc1C(=O)NCC(OC)c1cccc(F)c1. The Morgan fingerprint density at radius 3 is 2.70 bits per heavy atom. The van der Waals surface area contributed by atoms with Crippen LogP contribution in [0.5, 0.6) is 5.75 Å². The molecule has 4 nitrogen and oxygen atoms in total. The molecule has 0 saturated heterocycles. The molecule has 0 saturated carbocycles. The Labute approximate surface area is 135 Å². The van der Waals surface area contributed by atoms with Gasteiger partial charge in [-0.1, -0.05) is 24.3 Å². The lowest BCUT2D eigenvalue weighted by Gasteiger charge is -2.17. The highest BCUT2D eigenvalue weighted by Crippen LogP contribution is 2.19. The molecule has 0 bridgehead atoms.